The van der Waals surface area contributed by atoms with Gasteiger partial charge < -0.3 is 20.6 Å². The maximum Gasteiger partial charge on any atom is 0.191 e. The number of anilines is 1. The van der Waals surface area contributed by atoms with Gasteiger partial charge in [0.15, 0.2) is 5.96 Å². The van der Waals surface area contributed by atoms with Crippen molar-refractivity contribution < 1.29 is 5.11 Å². The summed E-state index contributed by atoms with van der Waals surface area (Å²) >= 11 is 0. The van der Waals surface area contributed by atoms with Crippen molar-refractivity contribution in [2.24, 2.45) is 4.99 Å². The van der Waals surface area contributed by atoms with Crippen LogP contribution in [0.15, 0.2) is 53.5 Å². The van der Waals surface area contributed by atoms with Crippen LogP contribution in [0.25, 0.3) is 0 Å². The highest BCUT2D eigenvalue weighted by molar-refractivity contribution is 5.80. The van der Waals surface area contributed by atoms with E-state index in [1.54, 1.807) is 12.1 Å². The molecule has 0 amide bonds. The van der Waals surface area contributed by atoms with Crippen LogP contribution in [0.4, 0.5) is 5.69 Å². The summed E-state index contributed by atoms with van der Waals surface area (Å²) in [6, 6.07) is 17.7. The van der Waals surface area contributed by atoms with Gasteiger partial charge in [-0.3, -0.25) is 4.99 Å². The topological polar surface area (TPSA) is 83.7 Å². The first kappa shape index (κ1) is 20.5. The second kappa shape index (κ2) is 10.4. The van der Waals surface area contributed by atoms with Crippen molar-refractivity contribution in [3.05, 3.63) is 59.7 Å². The summed E-state index contributed by atoms with van der Waals surface area (Å²) in [5, 5.41) is 25.9. The van der Waals surface area contributed by atoms with E-state index < -0.39 is 0 Å². The Morgan fingerprint density at radius 1 is 1.28 bits per heavy atom. The normalized spacial score (nSPS) is 16.9. The van der Waals surface area contributed by atoms with Crippen LogP contribution in [-0.4, -0.2) is 43.3 Å². The average molecular weight is 392 g/mol. The highest BCUT2D eigenvalue weighted by atomic mass is 16.3. The molecule has 3 N–H and O–H groups in total. The number of piperidine rings is 1. The van der Waals surface area contributed by atoms with Crippen LogP contribution in [0.2, 0.25) is 0 Å². The number of nitrogens with one attached hydrogen (secondary N) is 2. The van der Waals surface area contributed by atoms with Crippen molar-refractivity contribution >= 4 is 11.6 Å². The van der Waals surface area contributed by atoms with Crippen molar-refractivity contribution in [3.63, 3.8) is 0 Å². The molecule has 1 unspecified atom stereocenters. The van der Waals surface area contributed by atoms with Gasteiger partial charge in [-0.25, -0.2) is 0 Å². The summed E-state index contributed by atoms with van der Waals surface area (Å²) in [5.74, 6) is 1.10. The summed E-state index contributed by atoms with van der Waals surface area (Å²) < 4.78 is 0. The molecular formula is C23H29N5O. The smallest absolute Gasteiger partial charge is 0.191 e. The standard InChI is InChI=1S/C23H29N5O/c1-2-25-23(26-13-12-18-7-5-10-21(29)15-18)27-20-9-6-14-28(17-20)22-11-4-3-8-19(22)16-24/h3-5,7-8,10-11,15,20,29H,2,6,9,12-14,17H2,1H3,(H2,25,26,27). The summed E-state index contributed by atoms with van der Waals surface area (Å²) in [6.07, 6.45) is 2.92. The third kappa shape index (κ3) is 5.89. The van der Waals surface area contributed by atoms with Crippen LogP contribution < -0.4 is 15.5 Å². The zero-order valence-corrected chi connectivity index (χ0v) is 16.9. The van der Waals surface area contributed by atoms with Crippen LogP contribution in [0, 0.1) is 11.3 Å². The monoisotopic (exact) mass is 391 g/mol. The fraction of sp³-hybridized carbons (Fsp3) is 0.391. The number of rotatable bonds is 6. The van der Waals surface area contributed by atoms with Gasteiger partial charge in [0.25, 0.3) is 0 Å². The van der Waals surface area contributed by atoms with E-state index in [0.717, 1.165) is 61.7 Å². The number of benzene rings is 2. The molecule has 1 aliphatic heterocycles. The minimum atomic E-state index is 0.272. The van der Waals surface area contributed by atoms with E-state index in [9.17, 15) is 10.4 Å². The van der Waals surface area contributed by atoms with Gasteiger partial charge in [0, 0.05) is 32.2 Å². The fourth-order valence-electron chi connectivity index (χ4n) is 3.68. The molecule has 1 saturated heterocycles. The second-order valence-electron chi connectivity index (χ2n) is 7.24. The van der Waals surface area contributed by atoms with Gasteiger partial charge in [-0.15, -0.1) is 0 Å². The van der Waals surface area contributed by atoms with Gasteiger partial charge in [-0.2, -0.15) is 5.26 Å². The number of nitriles is 1. The molecule has 0 bridgehead atoms. The molecule has 6 nitrogen and oxygen atoms in total. The summed E-state index contributed by atoms with van der Waals surface area (Å²) in [4.78, 5) is 6.99. The lowest BCUT2D eigenvalue weighted by molar-refractivity contribution is 0.468. The lowest BCUT2D eigenvalue weighted by Crippen LogP contribution is -2.51. The number of aromatic hydroxyl groups is 1. The number of aliphatic imine (C=N–C) groups is 1. The van der Waals surface area contributed by atoms with Crippen LogP contribution in [-0.2, 0) is 6.42 Å². The molecule has 29 heavy (non-hydrogen) atoms. The molecule has 2 aromatic rings. The van der Waals surface area contributed by atoms with Crippen molar-refractivity contribution in [2.45, 2.75) is 32.2 Å². The van der Waals surface area contributed by atoms with Crippen molar-refractivity contribution in [3.8, 4) is 11.8 Å². The van der Waals surface area contributed by atoms with Gasteiger partial charge in [-0.1, -0.05) is 24.3 Å². The van der Waals surface area contributed by atoms with Crippen LogP contribution in [0.3, 0.4) is 0 Å². The second-order valence-corrected chi connectivity index (χ2v) is 7.24. The first-order chi connectivity index (χ1) is 14.2. The molecular weight excluding hydrogens is 362 g/mol. The molecule has 152 valence electrons. The van der Waals surface area contributed by atoms with Gasteiger partial charge in [0.05, 0.1) is 11.3 Å². The van der Waals surface area contributed by atoms with Crippen LogP contribution >= 0.6 is 0 Å². The molecule has 2 aromatic carbocycles. The third-order valence-corrected chi connectivity index (χ3v) is 5.05. The molecule has 1 fully saturated rings. The lowest BCUT2D eigenvalue weighted by atomic mass is 10.0. The molecule has 0 saturated carbocycles. The SMILES string of the molecule is CCNC(=NCCc1cccc(O)c1)NC1CCCN(c2ccccc2C#N)C1. The third-order valence-electron chi connectivity index (χ3n) is 5.05. The predicted octanol–water partition coefficient (Wildman–Crippen LogP) is 3.03. The van der Waals surface area contributed by atoms with Crippen molar-refractivity contribution in [2.75, 3.05) is 31.1 Å². The Labute approximate surface area is 172 Å². The molecule has 1 aliphatic rings. The minimum Gasteiger partial charge on any atom is -0.508 e. The van der Waals surface area contributed by atoms with Crippen LogP contribution in [0.1, 0.15) is 30.9 Å². The average Bonchev–Trinajstić information content (AvgIpc) is 2.74. The summed E-state index contributed by atoms with van der Waals surface area (Å²) in [6.45, 7) is 5.30. The molecule has 3 rings (SSSR count). The quantitative estimate of drug-likeness (QED) is 0.521. The van der Waals surface area contributed by atoms with E-state index in [1.807, 2.05) is 36.4 Å². The van der Waals surface area contributed by atoms with Gasteiger partial charge in [-0.05, 0) is 56.0 Å². The Morgan fingerprint density at radius 3 is 2.93 bits per heavy atom. The minimum absolute atomic E-state index is 0.272. The number of guanidine groups is 1. The molecule has 1 atom stereocenters. The number of hydrogen-bond acceptors (Lipinski definition) is 4. The Kier molecular flexibility index (Phi) is 7.34. The Balaban J connectivity index is 1.61. The Bertz CT molecular complexity index is 874. The summed E-state index contributed by atoms with van der Waals surface area (Å²) in [7, 11) is 0. The van der Waals surface area contributed by atoms with Gasteiger partial charge in [0.1, 0.15) is 11.8 Å². The highest BCUT2D eigenvalue weighted by Crippen LogP contribution is 2.23. The van der Waals surface area contributed by atoms with E-state index in [-0.39, 0.29) is 11.8 Å². The molecule has 6 heteroatoms. The number of para-hydroxylation sites is 1. The predicted molar refractivity (Wildman–Crippen MR) is 117 cm³/mol. The van der Waals surface area contributed by atoms with E-state index >= 15 is 0 Å². The number of hydrogen-bond donors (Lipinski definition) is 3. The Hall–Kier alpha value is -3.20. The largest absolute Gasteiger partial charge is 0.508 e. The number of nitrogens with zero attached hydrogens (tertiary/aromatic N) is 3. The number of phenolic OH excluding ortho intramolecular Hbond substituents is 1. The molecule has 1 heterocycles. The Morgan fingerprint density at radius 2 is 2.14 bits per heavy atom. The van der Waals surface area contributed by atoms with Crippen molar-refractivity contribution in [1.82, 2.24) is 10.6 Å². The fourth-order valence-corrected chi connectivity index (χ4v) is 3.68. The molecule has 0 aromatic heterocycles. The molecule has 0 spiro atoms. The maximum absolute atomic E-state index is 9.59. The zero-order chi connectivity index (χ0) is 20.5. The van der Waals surface area contributed by atoms with E-state index in [1.165, 1.54) is 0 Å². The highest BCUT2D eigenvalue weighted by Gasteiger charge is 2.22. The molecule has 0 radical (unpaired) electrons. The van der Waals surface area contributed by atoms with E-state index in [0.29, 0.717) is 6.54 Å². The molecule has 0 aliphatic carbocycles. The number of phenols is 1. The van der Waals surface area contributed by atoms with Crippen molar-refractivity contribution in [1.29, 1.82) is 5.26 Å². The zero-order valence-electron chi connectivity index (χ0n) is 16.9. The van der Waals surface area contributed by atoms with Gasteiger partial charge in [0.2, 0.25) is 0 Å². The van der Waals surface area contributed by atoms with Gasteiger partial charge >= 0.3 is 0 Å². The lowest BCUT2D eigenvalue weighted by Gasteiger charge is -2.35. The van der Waals surface area contributed by atoms with E-state index in [2.05, 4.69) is 28.5 Å². The summed E-state index contributed by atoms with van der Waals surface area (Å²) in [5.41, 5.74) is 2.80. The first-order valence-electron chi connectivity index (χ1n) is 10.3. The van der Waals surface area contributed by atoms with Crippen LogP contribution in [0.5, 0.6) is 5.75 Å². The van der Waals surface area contributed by atoms with E-state index in [4.69, 9.17) is 4.99 Å². The first-order valence-corrected chi connectivity index (χ1v) is 10.3. The maximum atomic E-state index is 9.59.